The van der Waals surface area contributed by atoms with E-state index in [0.29, 0.717) is 0 Å². The Morgan fingerprint density at radius 3 is 3.00 bits per heavy atom. The first-order chi connectivity index (χ1) is 10.9. The molecule has 110 valence electrons. The van der Waals surface area contributed by atoms with Crippen LogP contribution in [0.4, 0.5) is 11.5 Å². The van der Waals surface area contributed by atoms with E-state index in [0.717, 1.165) is 36.5 Å². The first-order valence-electron chi connectivity index (χ1n) is 7.73. The topological polar surface area (TPSA) is 56.8 Å². The molecule has 2 aromatic heterocycles. The first-order valence-corrected chi connectivity index (χ1v) is 7.73. The third kappa shape index (κ3) is 1.51. The fourth-order valence-electron chi connectivity index (χ4n) is 4.00. The van der Waals surface area contributed by atoms with Crippen molar-refractivity contribution in [1.82, 2.24) is 20.3 Å². The van der Waals surface area contributed by atoms with Gasteiger partial charge in [0.15, 0.2) is 0 Å². The number of hydrogen-bond acceptors (Lipinski definition) is 4. The molecule has 0 saturated carbocycles. The Labute approximate surface area is 128 Å². The first kappa shape index (κ1) is 12.2. The number of H-pyrrole nitrogens is 1. The van der Waals surface area contributed by atoms with Crippen molar-refractivity contribution in [3.8, 4) is 0 Å². The number of anilines is 2. The summed E-state index contributed by atoms with van der Waals surface area (Å²) in [6.45, 7) is 3.12. The van der Waals surface area contributed by atoms with Crippen molar-refractivity contribution in [2.75, 3.05) is 24.5 Å². The molecule has 2 aliphatic heterocycles. The third-order valence-electron chi connectivity index (χ3n) is 5.06. The highest BCUT2D eigenvalue weighted by Gasteiger charge is 2.45. The van der Waals surface area contributed by atoms with Crippen LogP contribution in [-0.4, -0.2) is 34.6 Å². The molecule has 0 radical (unpaired) electrons. The maximum Gasteiger partial charge on any atom is 0.145 e. The minimum atomic E-state index is 0.212. The van der Waals surface area contributed by atoms with Gasteiger partial charge in [-0.15, -0.1) is 0 Å². The lowest BCUT2D eigenvalue weighted by Gasteiger charge is -2.24. The van der Waals surface area contributed by atoms with Gasteiger partial charge in [-0.1, -0.05) is 18.2 Å². The molecule has 0 aliphatic carbocycles. The predicted octanol–water partition coefficient (Wildman–Crippen LogP) is 2.34. The third-order valence-corrected chi connectivity index (χ3v) is 5.06. The van der Waals surface area contributed by atoms with Gasteiger partial charge in [-0.25, -0.2) is 9.97 Å². The fourth-order valence-corrected chi connectivity index (χ4v) is 4.00. The predicted molar refractivity (Wildman–Crippen MR) is 86.5 cm³/mol. The molecule has 3 aromatic rings. The number of rotatable bonds is 1. The molecule has 1 spiro atoms. The maximum absolute atomic E-state index is 4.59. The Kier molecular flexibility index (Phi) is 2.38. The smallest absolute Gasteiger partial charge is 0.145 e. The van der Waals surface area contributed by atoms with Crippen molar-refractivity contribution in [2.45, 2.75) is 11.8 Å². The maximum atomic E-state index is 4.59. The van der Waals surface area contributed by atoms with Crippen LogP contribution < -0.4 is 10.2 Å². The van der Waals surface area contributed by atoms with E-state index < -0.39 is 0 Å². The van der Waals surface area contributed by atoms with Gasteiger partial charge >= 0.3 is 0 Å². The van der Waals surface area contributed by atoms with Crippen molar-refractivity contribution in [2.24, 2.45) is 0 Å². The molecular weight excluding hydrogens is 274 g/mol. The summed E-state index contributed by atoms with van der Waals surface area (Å²) in [4.78, 5) is 14.4. The highest BCUT2D eigenvalue weighted by atomic mass is 15.2. The highest BCUT2D eigenvalue weighted by Crippen LogP contribution is 2.47. The summed E-state index contributed by atoms with van der Waals surface area (Å²) in [6.07, 6.45) is 4.76. The van der Waals surface area contributed by atoms with Gasteiger partial charge in [-0.3, -0.25) is 0 Å². The molecule has 0 amide bonds. The summed E-state index contributed by atoms with van der Waals surface area (Å²) in [7, 11) is 0. The number of aromatic nitrogens is 3. The number of nitrogens with zero attached hydrogens (tertiary/aromatic N) is 3. The quantitative estimate of drug-likeness (QED) is 0.722. The SMILES string of the molecule is c1ccc2c(c1)N(c1ncnc3[nH]ccc13)C[C@]21CCNC1. The molecular formula is C17H17N5. The molecule has 4 heterocycles. The largest absolute Gasteiger partial charge is 0.346 e. The average molecular weight is 291 g/mol. The molecule has 1 aromatic carbocycles. The van der Waals surface area contributed by atoms with E-state index in [1.54, 1.807) is 6.33 Å². The zero-order valence-electron chi connectivity index (χ0n) is 12.2. The summed E-state index contributed by atoms with van der Waals surface area (Å²) in [6, 6.07) is 10.8. The number of hydrogen-bond donors (Lipinski definition) is 2. The van der Waals surface area contributed by atoms with Gasteiger partial charge in [0.25, 0.3) is 0 Å². The van der Waals surface area contributed by atoms with Gasteiger partial charge in [-0.05, 0) is 30.7 Å². The second-order valence-electron chi connectivity index (χ2n) is 6.25. The highest BCUT2D eigenvalue weighted by molar-refractivity contribution is 5.91. The number of para-hydroxylation sites is 1. The Bertz CT molecular complexity index is 847. The summed E-state index contributed by atoms with van der Waals surface area (Å²) in [5, 5.41) is 4.62. The standard InChI is InChI=1S/C17H17N5/c1-2-4-14-13(3-1)17(6-8-18-9-17)10-22(14)16-12-5-7-19-15(12)20-11-21-16/h1-5,7,11,18H,6,8-10H2,(H,19,20,21)/t17-/m1/s1. The molecule has 2 N–H and O–H groups in total. The number of aromatic amines is 1. The average Bonchev–Trinajstić information content (AvgIpc) is 3.28. The molecule has 1 fully saturated rings. The van der Waals surface area contributed by atoms with Crippen LogP contribution >= 0.6 is 0 Å². The zero-order chi connectivity index (χ0) is 14.6. The lowest BCUT2D eigenvalue weighted by molar-refractivity contribution is 0.508. The van der Waals surface area contributed by atoms with Crippen LogP contribution in [0.5, 0.6) is 0 Å². The van der Waals surface area contributed by atoms with Gasteiger partial charge in [0, 0.05) is 30.4 Å². The Hall–Kier alpha value is -2.40. The molecule has 0 bridgehead atoms. The van der Waals surface area contributed by atoms with E-state index in [9.17, 15) is 0 Å². The second kappa shape index (κ2) is 4.30. The van der Waals surface area contributed by atoms with Gasteiger partial charge in [-0.2, -0.15) is 0 Å². The van der Waals surface area contributed by atoms with E-state index in [1.807, 2.05) is 6.20 Å². The van der Waals surface area contributed by atoms with E-state index in [-0.39, 0.29) is 5.41 Å². The van der Waals surface area contributed by atoms with Crippen molar-refractivity contribution < 1.29 is 0 Å². The van der Waals surface area contributed by atoms with E-state index in [4.69, 9.17) is 0 Å². The van der Waals surface area contributed by atoms with Crippen LogP contribution in [0.3, 0.4) is 0 Å². The summed E-state index contributed by atoms with van der Waals surface area (Å²) in [5.74, 6) is 1.00. The van der Waals surface area contributed by atoms with Crippen molar-refractivity contribution >= 4 is 22.5 Å². The van der Waals surface area contributed by atoms with Crippen LogP contribution in [0, 0.1) is 0 Å². The second-order valence-corrected chi connectivity index (χ2v) is 6.25. The molecule has 1 atom stereocenters. The molecule has 0 unspecified atom stereocenters. The van der Waals surface area contributed by atoms with Crippen LogP contribution in [0.1, 0.15) is 12.0 Å². The molecule has 5 rings (SSSR count). The molecule has 22 heavy (non-hydrogen) atoms. The normalized spacial score (nSPS) is 23.5. The fraction of sp³-hybridized carbons (Fsp3) is 0.294. The van der Waals surface area contributed by atoms with E-state index in [1.165, 1.54) is 17.7 Å². The Morgan fingerprint density at radius 1 is 1.14 bits per heavy atom. The monoisotopic (exact) mass is 291 g/mol. The number of nitrogens with one attached hydrogen (secondary N) is 2. The van der Waals surface area contributed by atoms with Gasteiger partial charge in [0.2, 0.25) is 0 Å². The van der Waals surface area contributed by atoms with E-state index >= 15 is 0 Å². The lowest BCUT2D eigenvalue weighted by Crippen LogP contribution is -2.34. The Balaban J connectivity index is 1.72. The van der Waals surface area contributed by atoms with Gasteiger partial charge < -0.3 is 15.2 Å². The van der Waals surface area contributed by atoms with Crippen molar-refractivity contribution in [1.29, 1.82) is 0 Å². The Morgan fingerprint density at radius 2 is 2.09 bits per heavy atom. The van der Waals surface area contributed by atoms with Gasteiger partial charge in [0.1, 0.15) is 17.8 Å². The molecule has 5 heteroatoms. The molecule has 2 aliphatic rings. The van der Waals surface area contributed by atoms with Crippen LogP contribution in [0.25, 0.3) is 11.0 Å². The van der Waals surface area contributed by atoms with Crippen LogP contribution in [0.2, 0.25) is 0 Å². The van der Waals surface area contributed by atoms with Crippen LogP contribution in [-0.2, 0) is 5.41 Å². The number of fused-ring (bicyclic) bond motifs is 3. The van der Waals surface area contributed by atoms with E-state index in [2.05, 4.69) is 55.5 Å². The number of benzene rings is 1. The minimum absolute atomic E-state index is 0.212. The minimum Gasteiger partial charge on any atom is -0.346 e. The van der Waals surface area contributed by atoms with Crippen molar-refractivity contribution in [3.63, 3.8) is 0 Å². The summed E-state index contributed by atoms with van der Waals surface area (Å²) in [5.41, 5.74) is 3.84. The van der Waals surface area contributed by atoms with Gasteiger partial charge in [0.05, 0.1) is 5.39 Å². The van der Waals surface area contributed by atoms with Crippen LogP contribution in [0.15, 0.2) is 42.9 Å². The summed E-state index contributed by atoms with van der Waals surface area (Å²) < 4.78 is 0. The summed E-state index contributed by atoms with van der Waals surface area (Å²) >= 11 is 0. The lowest BCUT2D eigenvalue weighted by atomic mass is 9.82. The molecule has 5 nitrogen and oxygen atoms in total. The van der Waals surface area contributed by atoms with Crippen molar-refractivity contribution in [3.05, 3.63) is 48.4 Å². The zero-order valence-corrected chi connectivity index (χ0v) is 12.2. The molecule has 1 saturated heterocycles.